The third-order valence-electron chi connectivity index (χ3n) is 1.90. The molecule has 0 N–H and O–H groups in total. The van der Waals surface area contributed by atoms with E-state index in [2.05, 4.69) is 30.5 Å². The van der Waals surface area contributed by atoms with Crippen LogP contribution in [-0.4, -0.2) is 18.1 Å². The van der Waals surface area contributed by atoms with Gasteiger partial charge in [0.2, 0.25) is 0 Å². The lowest BCUT2D eigenvalue weighted by Gasteiger charge is -1.94. The molecule has 0 aliphatic heterocycles. The Labute approximate surface area is 91.5 Å². The molecule has 0 radical (unpaired) electrons. The number of esters is 1. The van der Waals surface area contributed by atoms with Crippen LogP contribution in [0.3, 0.4) is 0 Å². The van der Waals surface area contributed by atoms with Gasteiger partial charge in [0.25, 0.3) is 0 Å². The normalized spacial score (nSPS) is 9.13. The number of hydrogen-bond acceptors (Lipinski definition) is 3. The average Bonchev–Trinajstić information content (AvgIpc) is 2.30. The first kappa shape index (κ1) is 13.6. The van der Waals surface area contributed by atoms with E-state index in [0.29, 0.717) is 5.56 Å². The van der Waals surface area contributed by atoms with E-state index in [4.69, 9.17) is 0 Å². The van der Waals surface area contributed by atoms with Gasteiger partial charge in [-0.15, -0.1) is 0 Å². The summed E-state index contributed by atoms with van der Waals surface area (Å²) in [6.45, 7) is 6.64. The predicted molar refractivity (Wildman–Crippen MR) is 60.7 cm³/mol. The van der Waals surface area contributed by atoms with E-state index >= 15 is 0 Å². The van der Waals surface area contributed by atoms with Crippen LogP contribution in [0.2, 0.25) is 0 Å². The number of nitrogens with zero attached hydrogens (tertiary/aromatic N) is 1. The van der Waals surface area contributed by atoms with Gasteiger partial charge in [-0.25, -0.2) is 4.79 Å². The number of carbonyl (C=O) groups is 1. The van der Waals surface area contributed by atoms with E-state index in [-0.39, 0.29) is 5.97 Å². The molecule has 0 spiro atoms. The molecule has 0 saturated carbocycles. The van der Waals surface area contributed by atoms with Crippen LogP contribution in [0.1, 0.15) is 37.6 Å². The van der Waals surface area contributed by atoms with Gasteiger partial charge >= 0.3 is 5.97 Å². The number of rotatable bonds is 2. The van der Waals surface area contributed by atoms with Gasteiger partial charge in [0.15, 0.2) is 0 Å². The smallest absolute Gasteiger partial charge is 0.339 e. The molecule has 1 aromatic rings. The van der Waals surface area contributed by atoms with Crippen LogP contribution < -0.4 is 0 Å². The fourth-order valence-corrected chi connectivity index (χ4v) is 0.601. The molecule has 1 heterocycles. The van der Waals surface area contributed by atoms with Gasteiger partial charge in [-0.05, 0) is 18.1 Å². The summed E-state index contributed by atoms with van der Waals surface area (Å²) < 4.78 is 4.46. The summed E-state index contributed by atoms with van der Waals surface area (Å²) >= 11 is 0. The molecule has 84 valence electrons. The molecule has 0 aliphatic rings. The van der Waals surface area contributed by atoms with Gasteiger partial charge in [-0.1, -0.05) is 27.2 Å². The summed E-state index contributed by atoms with van der Waals surface area (Å²) in [5.41, 5.74) is 0.477. The summed E-state index contributed by atoms with van der Waals surface area (Å²) in [7, 11) is 1.34. The number of hydrogen-bond donors (Lipinski definition) is 0. The Kier molecular flexibility index (Phi) is 7.24. The molecule has 3 nitrogen and oxygen atoms in total. The Balaban J connectivity index is 0.000000336. The fourth-order valence-electron chi connectivity index (χ4n) is 0.601. The minimum Gasteiger partial charge on any atom is -0.465 e. The van der Waals surface area contributed by atoms with Crippen molar-refractivity contribution in [2.75, 3.05) is 7.11 Å². The van der Waals surface area contributed by atoms with Crippen molar-refractivity contribution < 1.29 is 9.53 Å². The molecule has 0 unspecified atom stereocenters. The Morgan fingerprint density at radius 1 is 1.53 bits per heavy atom. The van der Waals surface area contributed by atoms with Crippen molar-refractivity contribution >= 4 is 5.97 Å². The number of carbonyl (C=O) groups excluding carboxylic acids is 1. The van der Waals surface area contributed by atoms with Crippen molar-refractivity contribution in [3.63, 3.8) is 0 Å². The van der Waals surface area contributed by atoms with Crippen molar-refractivity contribution in [2.24, 2.45) is 5.92 Å². The van der Waals surface area contributed by atoms with Crippen molar-refractivity contribution in [3.05, 3.63) is 30.1 Å². The van der Waals surface area contributed by atoms with E-state index in [1.807, 2.05) is 0 Å². The lowest BCUT2D eigenvalue weighted by atomic mass is 10.2. The molecule has 0 fully saturated rings. The van der Waals surface area contributed by atoms with Crippen molar-refractivity contribution in [3.8, 4) is 0 Å². The molecule has 1 rings (SSSR count). The highest BCUT2D eigenvalue weighted by atomic mass is 16.5. The maximum Gasteiger partial charge on any atom is 0.339 e. The first-order chi connectivity index (χ1) is 7.11. The van der Waals surface area contributed by atoms with Crippen LogP contribution in [-0.2, 0) is 4.74 Å². The van der Waals surface area contributed by atoms with Crippen LogP contribution in [0.25, 0.3) is 0 Å². The molecular weight excluding hydrogens is 190 g/mol. The molecule has 0 atom stereocenters. The SMILES string of the molecule is CCC(C)C.COC(=O)c1cccnc1. The second-order valence-electron chi connectivity index (χ2n) is 3.54. The highest BCUT2D eigenvalue weighted by molar-refractivity contribution is 5.88. The summed E-state index contributed by atoms with van der Waals surface area (Å²) in [4.78, 5) is 14.5. The Morgan fingerprint density at radius 3 is 2.47 bits per heavy atom. The van der Waals surface area contributed by atoms with E-state index in [9.17, 15) is 4.79 Å². The van der Waals surface area contributed by atoms with Gasteiger partial charge in [-0.3, -0.25) is 4.98 Å². The Morgan fingerprint density at radius 2 is 2.13 bits per heavy atom. The highest BCUT2D eigenvalue weighted by Gasteiger charge is 2.01. The number of aromatic nitrogens is 1. The van der Waals surface area contributed by atoms with Crippen molar-refractivity contribution in [1.29, 1.82) is 0 Å². The van der Waals surface area contributed by atoms with Crippen LogP contribution in [0.4, 0.5) is 0 Å². The first-order valence-electron chi connectivity index (χ1n) is 5.10. The summed E-state index contributed by atoms with van der Waals surface area (Å²) in [5.74, 6) is 0.531. The molecule has 0 bridgehead atoms. The standard InChI is InChI=1S/C7H7NO2.C5H12/c1-10-7(9)6-3-2-4-8-5-6;1-4-5(2)3/h2-5H,1H3;5H,4H2,1-3H3. The predicted octanol–water partition coefficient (Wildman–Crippen LogP) is 2.92. The van der Waals surface area contributed by atoms with Crippen molar-refractivity contribution in [2.45, 2.75) is 27.2 Å². The van der Waals surface area contributed by atoms with Crippen LogP contribution >= 0.6 is 0 Å². The van der Waals surface area contributed by atoms with Crippen LogP contribution in [0, 0.1) is 5.92 Å². The zero-order chi connectivity index (χ0) is 11.7. The van der Waals surface area contributed by atoms with Crippen LogP contribution in [0.5, 0.6) is 0 Å². The number of pyridine rings is 1. The van der Waals surface area contributed by atoms with Gasteiger partial charge in [-0.2, -0.15) is 0 Å². The topological polar surface area (TPSA) is 39.2 Å². The molecule has 1 aromatic heterocycles. The summed E-state index contributed by atoms with van der Waals surface area (Å²) in [5, 5.41) is 0. The number of methoxy groups -OCH3 is 1. The number of ether oxygens (including phenoxy) is 1. The third-order valence-corrected chi connectivity index (χ3v) is 1.90. The molecule has 3 heteroatoms. The molecule has 0 aliphatic carbocycles. The molecule has 0 aromatic carbocycles. The summed E-state index contributed by atoms with van der Waals surface area (Å²) in [6, 6.07) is 3.34. The van der Waals surface area contributed by atoms with E-state index < -0.39 is 0 Å². The van der Waals surface area contributed by atoms with Crippen molar-refractivity contribution in [1.82, 2.24) is 4.98 Å². The second-order valence-corrected chi connectivity index (χ2v) is 3.54. The minimum atomic E-state index is -0.354. The lowest BCUT2D eigenvalue weighted by Crippen LogP contribution is -2.00. The van der Waals surface area contributed by atoms with Gasteiger partial charge in [0.1, 0.15) is 0 Å². The van der Waals surface area contributed by atoms with Gasteiger partial charge in [0, 0.05) is 12.4 Å². The molecule has 0 amide bonds. The van der Waals surface area contributed by atoms with E-state index in [0.717, 1.165) is 5.92 Å². The highest BCUT2D eigenvalue weighted by Crippen LogP contribution is 1.96. The molecule has 0 saturated heterocycles. The third kappa shape index (κ3) is 6.66. The maximum absolute atomic E-state index is 10.8. The molecular formula is C12H19NO2. The lowest BCUT2D eigenvalue weighted by molar-refractivity contribution is 0.0600. The van der Waals surface area contributed by atoms with E-state index in [1.165, 1.54) is 19.7 Å². The second kappa shape index (κ2) is 7.97. The zero-order valence-corrected chi connectivity index (χ0v) is 9.86. The van der Waals surface area contributed by atoms with E-state index in [1.54, 1.807) is 18.3 Å². The maximum atomic E-state index is 10.8. The first-order valence-corrected chi connectivity index (χ1v) is 5.10. The monoisotopic (exact) mass is 209 g/mol. The van der Waals surface area contributed by atoms with Crippen LogP contribution in [0.15, 0.2) is 24.5 Å². The minimum absolute atomic E-state index is 0.354. The quantitative estimate of drug-likeness (QED) is 0.703. The zero-order valence-electron chi connectivity index (χ0n) is 9.86. The average molecular weight is 209 g/mol. The van der Waals surface area contributed by atoms with Gasteiger partial charge in [0.05, 0.1) is 12.7 Å². The largest absolute Gasteiger partial charge is 0.465 e. The Hall–Kier alpha value is -1.38. The fraction of sp³-hybridized carbons (Fsp3) is 0.500. The van der Waals surface area contributed by atoms with Gasteiger partial charge < -0.3 is 4.74 Å². The Bertz CT molecular complexity index is 270. The summed E-state index contributed by atoms with van der Waals surface area (Å²) in [6.07, 6.45) is 4.37. The molecule has 15 heavy (non-hydrogen) atoms.